The quantitative estimate of drug-likeness (QED) is 0.798. The summed E-state index contributed by atoms with van der Waals surface area (Å²) in [5.74, 6) is 3.38. The lowest BCUT2D eigenvalue weighted by Gasteiger charge is -2.31. The van der Waals surface area contributed by atoms with E-state index in [2.05, 4.69) is 15.3 Å². The van der Waals surface area contributed by atoms with Crippen LogP contribution in [0.25, 0.3) is 0 Å². The molecule has 1 unspecified atom stereocenters. The van der Waals surface area contributed by atoms with E-state index in [9.17, 15) is 14.4 Å². The predicted molar refractivity (Wildman–Crippen MR) is 117 cm³/mol. The summed E-state index contributed by atoms with van der Waals surface area (Å²) in [6.45, 7) is 2.78. The highest BCUT2D eigenvalue weighted by atomic mass is 16.2. The van der Waals surface area contributed by atoms with Gasteiger partial charge in [-0.1, -0.05) is 0 Å². The standard InChI is InChI=1S/C24H27N5O3/c1-12-25-8-16(9-26-12)27-22(30)20-17-5-6-29(11-15(17)10-28(2)23(20)31)24(32)21-18-13-3-4-14(7-13)19(18)21/h8-10,13-14,18-19,21H,3-7,11H2,1-2H3,(H,27,30)/t13-,14+,18+,19-,21?. The number of rotatable bonds is 3. The number of aromatic nitrogens is 3. The first kappa shape index (κ1) is 19.6. The molecule has 4 aliphatic rings. The van der Waals surface area contributed by atoms with E-state index in [1.807, 2.05) is 4.90 Å². The minimum Gasteiger partial charge on any atom is -0.338 e. The summed E-state index contributed by atoms with van der Waals surface area (Å²) in [5, 5.41) is 2.75. The molecule has 2 amide bonds. The van der Waals surface area contributed by atoms with Gasteiger partial charge in [0.2, 0.25) is 5.91 Å². The van der Waals surface area contributed by atoms with Gasteiger partial charge in [-0.3, -0.25) is 14.4 Å². The molecule has 1 aliphatic heterocycles. The van der Waals surface area contributed by atoms with Crippen molar-refractivity contribution in [3.05, 3.63) is 51.5 Å². The van der Waals surface area contributed by atoms with Crippen molar-refractivity contribution >= 4 is 17.5 Å². The van der Waals surface area contributed by atoms with Crippen LogP contribution < -0.4 is 10.9 Å². The third-order valence-electron chi connectivity index (χ3n) is 8.16. The minimum absolute atomic E-state index is 0.152. The number of carbonyl (C=O) groups excluding carboxylic acids is 2. The Bertz CT molecular complexity index is 1170. The maximum absolute atomic E-state index is 13.3. The molecule has 0 radical (unpaired) electrons. The number of hydrogen-bond donors (Lipinski definition) is 1. The molecule has 1 N–H and O–H groups in total. The largest absolute Gasteiger partial charge is 0.338 e. The first-order valence-electron chi connectivity index (χ1n) is 11.5. The molecule has 32 heavy (non-hydrogen) atoms. The van der Waals surface area contributed by atoms with E-state index in [4.69, 9.17) is 0 Å². The molecular formula is C24H27N5O3. The van der Waals surface area contributed by atoms with Gasteiger partial charge in [0.05, 0.1) is 18.1 Å². The number of fused-ring (bicyclic) bond motifs is 6. The number of pyridine rings is 1. The van der Waals surface area contributed by atoms with Crippen LogP contribution in [0, 0.1) is 36.5 Å². The van der Waals surface area contributed by atoms with Gasteiger partial charge in [-0.15, -0.1) is 0 Å². The Hall–Kier alpha value is -3.03. The fraction of sp³-hybridized carbons (Fsp3) is 0.542. The van der Waals surface area contributed by atoms with Gasteiger partial charge in [0.25, 0.3) is 11.5 Å². The molecule has 2 aromatic rings. The highest BCUT2D eigenvalue weighted by Crippen LogP contribution is 2.69. The average Bonchev–Trinajstić information content (AvgIpc) is 3.21. The van der Waals surface area contributed by atoms with Crippen LogP contribution in [-0.4, -0.2) is 37.8 Å². The second kappa shape index (κ2) is 6.98. The molecular weight excluding hydrogens is 406 g/mol. The number of aryl methyl sites for hydroxylation is 2. The van der Waals surface area contributed by atoms with Crippen LogP contribution in [-0.2, 0) is 24.8 Å². The number of carbonyl (C=O) groups is 2. The van der Waals surface area contributed by atoms with Crippen LogP contribution >= 0.6 is 0 Å². The molecule has 0 aromatic carbocycles. The molecule has 2 bridgehead atoms. The number of nitrogens with one attached hydrogen (secondary N) is 1. The molecule has 3 aliphatic carbocycles. The predicted octanol–water partition coefficient (Wildman–Crippen LogP) is 1.91. The van der Waals surface area contributed by atoms with Gasteiger partial charge < -0.3 is 14.8 Å². The van der Waals surface area contributed by atoms with E-state index >= 15 is 0 Å². The first-order chi connectivity index (χ1) is 15.4. The zero-order valence-electron chi connectivity index (χ0n) is 18.4. The molecule has 3 saturated carbocycles. The highest BCUT2D eigenvalue weighted by molar-refractivity contribution is 6.05. The Kier molecular flexibility index (Phi) is 4.29. The van der Waals surface area contributed by atoms with Crippen LogP contribution in [0.15, 0.2) is 23.4 Å². The number of nitrogens with zero attached hydrogens (tertiary/aromatic N) is 4. The normalized spacial score (nSPS) is 29.4. The van der Waals surface area contributed by atoms with Crippen molar-refractivity contribution in [2.45, 2.75) is 39.2 Å². The Morgan fingerprint density at radius 1 is 1.12 bits per heavy atom. The Morgan fingerprint density at radius 2 is 1.81 bits per heavy atom. The van der Waals surface area contributed by atoms with Gasteiger partial charge in [0.1, 0.15) is 11.4 Å². The monoisotopic (exact) mass is 433 g/mol. The van der Waals surface area contributed by atoms with Crippen molar-refractivity contribution in [3.8, 4) is 0 Å². The molecule has 2 aromatic heterocycles. The van der Waals surface area contributed by atoms with Crippen molar-refractivity contribution in [3.63, 3.8) is 0 Å². The number of hydrogen-bond acceptors (Lipinski definition) is 5. The molecule has 166 valence electrons. The number of anilines is 1. The second-order valence-electron chi connectivity index (χ2n) is 9.92. The van der Waals surface area contributed by atoms with E-state index in [0.29, 0.717) is 42.9 Å². The second-order valence-corrected chi connectivity index (χ2v) is 9.92. The van der Waals surface area contributed by atoms with E-state index in [0.717, 1.165) is 23.0 Å². The van der Waals surface area contributed by atoms with Crippen LogP contribution in [0.4, 0.5) is 5.69 Å². The van der Waals surface area contributed by atoms with E-state index in [-0.39, 0.29) is 22.9 Å². The van der Waals surface area contributed by atoms with E-state index in [1.165, 1.54) is 36.2 Å². The molecule has 5 atom stereocenters. The zero-order chi connectivity index (χ0) is 22.1. The molecule has 8 nitrogen and oxygen atoms in total. The van der Waals surface area contributed by atoms with Gasteiger partial charge >= 0.3 is 0 Å². The van der Waals surface area contributed by atoms with Crippen LogP contribution in [0.1, 0.15) is 46.6 Å². The molecule has 3 heterocycles. The van der Waals surface area contributed by atoms with Gasteiger partial charge in [-0.05, 0) is 67.4 Å². The summed E-state index contributed by atoms with van der Waals surface area (Å²) in [5.41, 5.74) is 1.90. The molecule has 0 spiro atoms. The minimum atomic E-state index is -0.456. The summed E-state index contributed by atoms with van der Waals surface area (Å²) in [7, 11) is 1.65. The van der Waals surface area contributed by atoms with Crippen LogP contribution in [0.3, 0.4) is 0 Å². The van der Waals surface area contributed by atoms with Gasteiger partial charge in [0, 0.05) is 32.3 Å². The summed E-state index contributed by atoms with van der Waals surface area (Å²) < 4.78 is 1.44. The number of amides is 2. The zero-order valence-corrected chi connectivity index (χ0v) is 18.4. The first-order valence-corrected chi connectivity index (χ1v) is 11.5. The van der Waals surface area contributed by atoms with Crippen molar-refractivity contribution < 1.29 is 9.59 Å². The fourth-order valence-corrected chi connectivity index (χ4v) is 6.73. The molecule has 6 rings (SSSR count). The molecule has 8 heteroatoms. The fourth-order valence-electron chi connectivity index (χ4n) is 6.73. The third-order valence-corrected chi connectivity index (χ3v) is 8.16. The Balaban J connectivity index is 1.24. The lowest BCUT2D eigenvalue weighted by Crippen LogP contribution is -2.41. The van der Waals surface area contributed by atoms with Gasteiger partial charge in [-0.2, -0.15) is 0 Å². The van der Waals surface area contributed by atoms with Crippen molar-refractivity contribution in [2.75, 3.05) is 11.9 Å². The Morgan fingerprint density at radius 3 is 2.50 bits per heavy atom. The van der Waals surface area contributed by atoms with E-state index in [1.54, 1.807) is 20.2 Å². The van der Waals surface area contributed by atoms with Gasteiger partial charge in [0.15, 0.2) is 0 Å². The summed E-state index contributed by atoms with van der Waals surface area (Å²) in [4.78, 5) is 49.3. The lowest BCUT2D eigenvalue weighted by molar-refractivity contribution is -0.134. The van der Waals surface area contributed by atoms with Crippen molar-refractivity contribution in [2.24, 2.45) is 36.6 Å². The van der Waals surface area contributed by atoms with Gasteiger partial charge in [-0.25, -0.2) is 9.97 Å². The topological polar surface area (TPSA) is 97.2 Å². The smallest absolute Gasteiger partial charge is 0.263 e. The van der Waals surface area contributed by atoms with Crippen molar-refractivity contribution in [1.82, 2.24) is 19.4 Å². The van der Waals surface area contributed by atoms with Crippen molar-refractivity contribution in [1.29, 1.82) is 0 Å². The average molecular weight is 434 g/mol. The van der Waals surface area contributed by atoms with E-state index < -0.39 is 5.91 Å². The summed E-state index contributed by atoms with van der Waals surface area (Å²) in [6.07, 6.45) is 9.27. The van der Waals surface area contributed by atoms with Crippen LogP contribution in [0.5, 0.6) is 0 Å². The SMILES string of the molecule is Cc1ncc(NC(=O)c2c3c(cn(C)c2=O)CN(C(=O)C2[C@@H]4[C@H]5CC[C@H](C5)[C@H]24)CC3)cn1. The Labute approximate surface area is 186 Å². The maximum Gasteiger partial charge on any atom is 0.263 e. The highest BCUT2D eigenvalue weighted by Gasteiger charge is 2.68. The summed E-state index contributed by atoms with van der Waals surface area (Å²) in [6, 6.07) is 0. The third kappa shape index (κ3) is 2.92. The summed E-state index contributed by atoms with van der Waals surface area (Å²) >= 11 is 0. The maximum atomic E-state index is 13.3. The molecule has 3 fully saturated rings. The molecule has 0 saturated heterocycles. The van der Waals surface area contributed by atoms with Crippen LogP contribution in [0.2, 0.25) is 0 Å². The lowest BCUT2D eigenvalue weighted by atomic mass is 9.95.